The first kappa shape index (κ1) is 20.9. The lowest BCUT2D eigenvalue weighted by molar-refractivity contribution is 0.0532. The lowest BCUT2D eigenvalue weighted by Crippen LogP contribution is -2.48. The number of piperazine rings is 1. The Bertz CT molecular complexity index is 853. The molecule has 0 spiro atoms. The number of nitriles is 1. The molecule has 29 heavy (non-hydrogen) atoms. The molecule has 1 aromatic heterocycles. The topological polar surface area (TPSA) is 74.4 Å². The summed E-state index contributed by atoms with van der Waals surface area (Å²) in [5.41, 5.74) is 2.91. The third-order valence-electron chi connectivity index (χ3n) is 4.88. The van der Waals surface area contributed by atoms with E-state index in [-0.39, 0.29) is 11.5 Å². The maximum atomic E-state index is 12.2. The Morgan fingerprint density at radius 3 is 2.45 bits per heavy atom. The zero-order valence-corrected chi connectivity index (χ0v) is 17.5. The normalized spacial score (nSPS) is 15.2. The second-order valence-electron chi connectivity index (χ2n) is 8.70. The van der Waals surface area contributed by atoms with Gasteiger partial charge in [0.1, 0.15) is 0 Å². The van der Waals surface area contributed by atoms with Crippen LogP contribution in [0.15, 0.2) is 36.8 Å². The second kappa shape index (κ2) is 9.10. The molecule has 7 nitrogen and oxygen atoms in total. The van der Waals surface area contributed by atoms with Gasteiger partial charge in [-0.1, -0.05) is 32.9 Å². The Morgan fingerprint density at radius 2 is 1.83 bits per heavy atom. The number of rotatable bonds is 5. The monoisotopic (exact) mass is 395 g/mol. The van der Waals surface area contributed by atoms with Gasteiger partial charge < -0.3 is 14.2 Å². The summed E-state index contributed by atoms with van der Waals surface area (Å²) >= 11 is 0. The molecule has 1 aromatic carbocycles. The quantitative estimate of drug-likeness (QED) is 0.778. The van der Waals surface area contributed by atoms with Crippen LogP contribution < -0.4 is 0 Å². The molecule has 0 unspecified atom stereocenters. The summed E-state index contributed by atoms with van der Waals surface area (Å²) in [5.74, 6) is 0. The Kier molecular flexibility index (Phi) is 6.55. The SMILES string of the molecule is CC(C)(C)COC(=O)N1CCN(Cc2cncn2Cc2ccc(C#N)cc2)CC1. The number of hydrogen-bond donors (Lipinski definition) is 0. The van der Waals surface area contributed by atoms with E-state index >= 15 is 0 Å². The van der Waals surface area contributed by atoms with E-state index in [1.54, 1.807) is 4.90 Å². The Balaban J connectivity index is 1.50. The van der Waals surface area contributed by atoms with Gasteiger partial charge in [-0.3, -0.25) is 4.90 Å². The molecule has 1 aliphatic heterocycles. The summed E-state index contributed by atoms with van der Waals surface area (Å²) < 4.78 is 7.55. The van der Waals surface area contributed by atoms with Crippen LogP contribution in [-0.4, -0.2) is 58.2 Å². The maximum Gasteiger partial charge on any atom is 0.409 e. The largest absolute Gasteiger partial charge is 0.449 e. The molecule has 0 aliphatic carbocycles. The smallest absolute Gasteiger partial charge is 0.409 e. The van der Waals surface area contributed by atoms with Crippen molar-refractivity contribution in [3.8, 4) is 6.07 Å². The van der Waals surface area contributed by atoms with Crippen molar-refractivity contribution in [2.24, 2.45) is 5.41 Å². The fraction of sp³-hybridized carbons (Fsp3) is 0.500. The minimum atomic E-state index is -0.217. The summed E-state index contributed by atoms with van der Waals surface area (Å²) in [6, 6.07) is 9.77. The Morgan fingerprint density at radius 1 is 1.14 bits per heavy atom. The van der Waals surface area contributed by atoms with Gasteiger partial charge in [0.2, 0.25) is 0 Å². The van der Waals surface area contributed by atoms with E-state index in [2.05, 4.69) is 41.3 Å². The van der Waals surface area contributed by atoms with Crippen molar-refractivity contribution >= 4 is 6.09 Å². The molecule has 0 radical (unpaired) electrons. The standard InChI is InChI=1S/C22H29N5O2/c1-22(2,3)16-29-21(28)26-10-8-25(9-11-26)15-20-13-24-17-27(20)14-19-6-4-18(12-23)5-7-19/h4-7,13,17H,8-11,14-16H2,1-3H3. The number of benzene rings is 1. The highest BCUT2D eigenvalue weighted by atomic mass is 16.6. The third-order valence-corrected chi connectivity index (χ3v) is 4.88. The zero-order chi connectivity index (χ0) is 20.9. The van der Waals surface area contributed by atoms with Crippen LogP contribution in [0, 0.1) is 16.7 Å². The molecule has 1 amide bonds. The average Bonchev–Trinajstić information content (AvgIpc) is 3.13. The lowest BCUT2D eigenvalue weighted by Gasteiger charge is -2.34. The summed E-state index contributed by atoms with van der Waals surface area (Å²) in [7, 11) is 0. The molecule has 1 saturated heterocycles. The first-order valence-corrected chi connectivity index (χ1v) is 9.96. The van der Waals surface area contributed by atoms with Gasteiger partial charge in [0.15, 0.2) is 0 Å². The van der Waals surface area contributed by atoms with Crippen molar-refractivity contribution in [2.75, 3.05) is 32.8 Å². The van der Waals surface area contributed by atoms with Crippen LogP contribution in [0.1, 0.15) is 37.6 Å². The van der Waals surface area contributed by atoms with E-state index in [9.17, 15) is 4.79 Å². The Labute approximate surface area is 172 Å². The predicted molar refractivity (Wildman–Crippen MR) is 110 cm³/mol. The van der Waals surface area contributed by atoms with Crippen molar-refractivity contribution in [3.05, 3.63) is 53.6 Å². The van der Waals surface area contributed by atoms with Gasteiger partial charge >= 0.3 is 6.09 Å². The van der Waals surface area contributed by atoms with Crippen LogP contribution in [0.3, 0.4) is 0 Å². The number of nitrogens with zero attached hydrogens (tertiary/aromatic N) is 5. The number of imidazole rings is 1. The third kappa shape index (κ3) is 6.06. The highest BCUT2D eigenvalue weighted by Gasteiger charge is 2.24. The summed E-state index contributed by atoms with van der Waals surface area (Å²) in [4.78, 5) is 20.7. The van der Waals surface area contributed by atoms with Gasteiger partial charge in [-0.25, -0.2) is 9.78 Å². The second-order valence-corrected chi connectivity index (χ2v) is 8.70. The van der Waals surface area contributed by atoms with Crippen LogP contribution in [0.25, 0.3) is 0 Å². The molecule has 1 fully saturated rings. The zero-order valence-electron chi connectivity index (χ0n) is 17.5. The summed E-state index contributed by atoms with van der Waals surface area (Å²) in [5, 5.41) is 8.93. The van der Waals surface area contributed by atoms with E-state index < -0.39 is 0 Å². The number of ether oxygens (including phenoxy) is 1. The molecular formula is C22H29N5O2. The number of carbonyl (C=O) groups excluding carboxylic acids is 1. The molecule has 154 valence electrons. The van der Waals surface area contributed by atoms with E-state index in [1.165, 1.54) is 0 Å². The number of hydrogen-bond acceptors (Lipinski definition) is 5. The Hall–Kier alpha value is -2.85. The molecule has 3 rings (SSSR count). The van der Waals surface area contributed by atoms with Crippen molar-refractivity contribution in [2.45, 2.75) is 33.9 Å². The minimum Gasteiger partial charge on any atom is -0.449 e. The average molecular weight is 396 g/mol. The van der Waals surface area contributed by atoms with Crippen molar-refractivity contribution in [1.82, 2.24) is 19.4 Å². The predicted octanol–water partition coefficient (Wildman–Crippen LogP) is 3.10. The fourth-order valence-corrected chi connectivity index (χ4v) is 3.19. The van der Waals surface area contributed by atoms with Crippen LogP contribution in [0.4, 0.5) is 4.79 Å². The van der Waals surface area contributed by atoms with Crippen molar-refractivity contribution in [1.29, 1.82) is 5.26 Å². The van der Waals surface area contributed by atoms with Crippen molar-refractivity contribution in [3.63, 3.8) is 0 Å². The number of amides is 1. The summed E-state index contributed by atoms with van der Waals surface area (Å²) in [6.07, 6.45) is 3.52. The molecule has 0 saturated carbocycles. The first-order chi connectivity index (χ1) is 13.8. The molecular weight excluding hydrogens is 366 g/mol. The van der Waals surface area contributed by atoms with E-state index in [1.807, 2.05) is 36.8 Å². The van der Waals surface area contributed by atoms with Gasteiger partial charge in [-0.05, 0) is 23.1 Å². The molecule has 1 aliphatic rings. The van der Waals surface area contributed by atoms with Crippen LogP contribution in [0.2, 0.25) is 0 Å². The molecule has 0 atom stereocenters. The van der Waals surface area contributed by atoms with Crippen LogP contribution in [0.5, 0.6) is 0 Å². The van der Waals surface area contributed by atoms with Gasteiger partial charge in [0.05, 0.1) is 30.3 Å². The number of aromatic nitrogens is 2. The number of carbonyl (C=O) groups is 1. The fourth-order valence-electron chi connectivity index (χ4n) is 3.19. The van der Waals surface area contributed by atoms with Gasteiger partial charge in [-0.2, -0.15) is 5.26 Å². The van der Waals surface area contributed by atoms with Gasteiger partial charge in [0, 0.05) is 45.5 Å². The van der Waals surface area contributed by atoms with Gasteiger partial charge in [-0.15, -0.1) is 0 Å². The summed E-state index contributed by atoms with van der Waals surface area (Å²) in [6.45, 7) is 11.1. The van der Waals surface area contributed by atoms with E-state index in [0.717, 1.165) is 37.4 Å². The highest BCUT2D eigenvalue weighted by Crippen LogP contribution is 2.15. The van der Waals surface area contributed by atoms with Crippen LogP contribution >= 0.6 is 0 Å². The maximum absolute atomic E-state index is 12.2. The van der Waals surface area contributed by atoms with Crippen LogP contribution in [-0.2, 0) is 17.8 Å². The molecule has 0 bridgehead atoms. The van der Waals surface area contributed by atoms with E-state index in [0.29, 0.717) is 25.3 Å². The first-order valence-electron chi connectivity index (χ1n) is 9.96. The van der Waals surface area contributed by atoms with E-state index in [4.69, 9.17) is 10.00 Å². The highest BCUT2D eigenvalue weighted by molar-refractivity contribution is 5.67. The van der Waals surface area contributed by atoms with Gasteiger partial charge in [0.25, 0.3) is 0 Å². The lowest BCUT2D eigenvalue weighted by atomic mass is 9.99. The minimum absolute atomic E-state index is 0.0230. The molecule has 0 N–H and O–H groups in total. The molecule has 2 aromatic rings. The molecule has 7 heteroatoms. The van der Waals surface area contributed by atoms with Crippen molar-refractivity contribution < 1.29 is 9.53 Å². The molecule has 2 heterocycles.